The second-order valence-electron chi connectivity index (χ2n) is 5.78. The number of nitrogens with zero attached hydrogens (tertiary/aromatic N) is 1. The van der Waals surface area contributed by atoms with Crippen LogP contribution in [-0.4, -0.2) is 69.3 Å². The van der Waals surface area contributed by atoms with Crippen molar-refractivity contribution in [3.63, 3.8) is 0 Å². The van der Waals surface area contributed by atoms with E-state index < -0.39 is 17.1 Å². The predicted molar refractivity (Wildman–Crippen MR) is 90.8 cm³/mol. The van der Waals surface area contributed by atoms with Crippen LogP contribution in [-0.2, 0) is 25.6 Å². The Hall–Kier alpha value is -1.26. The topological polar surface area (TPSA) is 119 Å². The minimum atomic E-state index is -1.57. The standard InChI is InChI=1S/C14H21N3O5S2/c18-11(15-4-5-17-13(20)7-23-14(17)21)8-24(22)9-12(19)16-6-10-2-1-3-10/h10H,1-9H2,(H,15,18)(H,16,19). The smallest absolute Gasteiger partial charge is 0.288 e. The average Bonchev–Trinajstić information content (AvgIpc) is 2.77. The molecule has 4 amide bonds. The Morgan fingerprint density at radius 2 is 1.88 bits per heavy atom. The van der Waals surface area contributed by atoms with E-state index in [0.29, 0.717) is 12.5 Å². The number of rotatable bonds is 9. The first-order valence-electron chi connectivity index (χ1n) is 7.81. The van der Waals surface area contributed by atoms with Crippen LogP contribution in [0.1, 0.15) is 19.3 Å². The second-order valence-corrected chi connectivity index (χ2v) is 8.16. The summed E-state index contributed by atoms with van der Waals surface area (Å²) in [7, 11) is 0. The van der Waals surface area contributed by atoms with Crippen LogP contribution in [0.5, 0.6) is 0 Å². The highest BCUT2D eigenvalue weighted by Gasteiger charge is 2.29. The summed E-state index contributed by atoms with van der Waals surface area (Å²) in [5.74, 6) is -0.851. The highest BCUT2D eigenvalue weighted by atomic mass is 32.2. The summed E-state index contributed by atoms with van der Waals surface area (Å²) in [6.07, 6.45) is 3.43. The number of nitrogens with one attached hydrogen (secondary N) is 2. The normalized spacial score (nSPS) is 19.1. The lowest BCUT2D eigenvalue weighted by atomic mass is 9.85. The SMILES string of the molecule is O=C(C[S+]([O-])CC(=O)NCC1CCC1)NCCN1C(=O)CSC1=O. The fraction of sp³-hybridized carbons (Fsp3) is 0.714. The third kappa shape index (κ3) is 5.99. The van der Waals surface area contributed by atoms with Gasteiger partial charge in [-0.3, -0.25) is 24.1 Å². The van der Waals surface area contributed by atoms with Crippen molar-refractivity contribution in [3.8, 4) is 0 Å². The third-order valence-electron chi connectivity index (χ3n) is 3.89. The Kier molecular flexibility index (Phi) is 7.38. The molecule has 0 radical (unpaired) electrons. The summed E-state index contributed by atoms with van der Waals surface area (Å²) in [6.45, 7) is 0.824. The Bertz CT molecular complexity index is 497. The molecular weight excluding hydrogens is 354 g/mol. The van der Waals surface area contributed by atoms with E-state index in [0.717, 1.165) is 29.5 Å². The summed E-state index contributed by atoms with van der Waals surface area (Å²) in [6, 6.07) is 0. The molecule has 10 heteroatoms. The highest BCUT2D eigenvalue weighted by molar-refractivity contribution is 8.14. The maximum absolute atomic E-state index is 11.8. The van der Waals surface area contributed by atoms with Crippen LogP contribution in [0.25, 0.3) is 0 Å². The Labute approximate surface area is 147 Å². The molecule has 24 heavy (non-hydrogen) atoms. The first-order valence-corrected chi connectivity index (χ1v) is 10.3. The molecule has 2 rings (SSSR count). The Balaban J connectivity index is 1.56. The largest absolute Gasteiger partial charge is 0.616 e. The fourth-order valence-corrected chi connectivity index (χ4v) is 3.95. The molecule has 1 atom stereocenters. The molecule has 0 aromatic heterocycles. The van der Waals surface area contributed by atoms with E-state index >= 15 is 0 Å². The van der Waals surface area contributed by atoms with Crippen LogP contribution in [0.3, 0.4) is 0 Å². The van der Waals surface area contributed by atoms with Crippen LogP contribution in [0.4, 0.5) is 4.79 Å². The van der Waals surface area contributed by atoms with Crippen LogP contribution in [0.15, 0.2) is 0 Å². The summed E-state index contributed by atoms with van der Waals surface area (Å²) in [5, 5.41) is 4.92. The van der Waals surface area contributed by atoms with E-state index in [-0.39, 0.29) is 47.4 Å². The Morgan fingerprint density at radius 1 is 1.21 bits per heavy atom. The average molecular weight is 375 g/mol. The zero-order valence-corrected chi connectivity index (χ0v) is 14.9. The zero-order valence-electron chi connectivity index (χ0n) is 13.2. The van der Waals surface area contributed by atoms with Gasteiger partial charge in [0.1, 0.15) is 0 Å². The van der Waals surface area contributed by atoms with Crippen molar-refractivity contribution in [2.45, 2.75) is 19.3 Å². The number of amides is 4. The van der Waals surface area contributed by atoms with Crippen molar-refractivity contribution in [1.29, 1.82) is 0 Å². The molecule has 1 heterocycles. The summed E-state index contributed by atoms with van der Waals surface area (Å²) >= 11 is -0.640. The lowest BCUT2D eigenvalue weighted by Crippen LogP contribution is -2.41. The molecule has 2 N–H and O–H groups in total. The first kappa shape index (κ1) is 19.1. The van der Waals surface area contributed by atoms with E-state index in [4.69, 9.17) is 0 Å². The van der Waals surface area contributed by atoms with Gasteiger partial charge in [-0.05, 0) is 29.9 Å². The number of carbonyl (C=O) groups excluding carboxylic acids is 4. The molecule has 1 saturated heterocycles. The minimum absolute atomic E-state index is 0.102. The maximum atomic E-state index is 11.8. The predicted octanol–water partition coefficient (Wildman–Crippen LogP) is -0.537. The lowest BCUT2D eigenvalue weighted by Gasteiger charge is -2.25. The number of carbonyl (C=O) groups is 4. The van der Waals surface area contributed by atoms with Crippen molar-refractivity contribution >= 4 is 45.9 Å². The van der Waals surface area contributed by atoms with Crippen molar-refractivity contribution in [1.82, 2.24) is 15.5 Å². The first-order chi connectivity index (χ1) is 11.5. The van der Waals surface area contributed by atoms with Gasteiger partial charge in [0.2, 0.25) is 5.91 Å². The van der Waals surface area contributed by atoms with E-state index in [2.05, 4.69) is 10.6 Å². The number of hydrogen-bond donors (Lipinski definition) is 2. The molecule has 1 saturated carbocycles. The van der Waals surface area contributed by atoms with Gasteiger partial charge in [-0.25, -0.2) is 0 Å². The van der Waals surface area contributed by atoms with E-state index in [9.17, 15) is 23.7 Å². The van der Waals surface area contributed by atoms with Gasteiger partial charge in [-0.1, -0.05) is 18.2 Å². The monoisotopic (exact) mass is 375 g/mol. The van der Waals surface area contributed by atoms with E-state index in [1.807, 2.05) is 0 Å². The molecular formula is C14H21N3O5S2. The Morgan fingerprint density at radius 3 is 2.42 bits per heavy atom. The molecule has 0 aromatic carbocycles. The van der Waals surface area contributed by atoms with Gasteiger partial charge < -0.3 is 15.2 Å². The molecule has 0 spiro atoms. The molecule has 1 aliphatic carbocycles. The lowest BCUT2D eigenvalue weighted by molar-refractivity contribution is -0.125. The summed E-state index contributed by atoms with van der Waals surface area (Å²) in [5.41, 5.74) is 0. The molecule has 2 aliphatic rings. The number of thioether (sulfide) groups is 1. The fourth-order valence-electron chi connectivity index (χ4n) is 2.30. The van der Waals surface area contributed by atoms with Gasteiger partial charge in [0, 0.05) is 19.6 Å². The number of imide groups is 1. The highest BCUT2D eigenvalue weighted by Crippen LogP contribution is 2.25. The van der Waals surface area contributed by atoms with Gasteiger partial charge in [0.05, 0.1) is 5.75 Å². The van der Waals surface area contributed by atoms with Gasteiger partial charge in [0.15, 0.2) is 11.5 Å². The van der Waals surface area contributed by atoms with Crippen molar-refractivity contribution in [3.05, 3.63) is 0 Å². The van der Waals surface area contributed by atoms with Gasteiger partial charge in [0.25, 0.3) is 17.1 Å². The minimum Gasteiger partial charge on any atom is -0.616 e. The van der Waals surface area contributed by atoms with Crippen LogP contribution >= 0.6 is 11.8 Å². The third-order valence-corrected chi connectivity index (χ3v) is 5.92. The summed E-state index contributed by atoms with van der Waals surface area (Å²) < 4.78 is 11.8. The molecule has 134 valence electrons. The van der Waals surface area contributed by atoms with E-state index in [1.54, 1.807) is 0 Å². The molecule has 1 aliphatic heterocycles. The summed E-state index contributed by atoms with van der Waals surface area (Å²) in [4.78, 5) is 47.1. The quantitative estimate of drug-likeness (QED) is 0.523. The van der Waals surface area contributed by atoms with E-state index in [1.165, 1.54) is 6.42 Å². The second kappa shape index (κ2) is 9.28. The van der Waals surface area contributed by atoms with Crippen molar-refractivity contribution < 1.29 is 23.7 Å². The van der Waals surface area contributed by atoms with Crippen molar-refractivity contribution in [2.24, 2.45) is 5.92 Å². The molecule has 2 fully saturated rings. The van der Waals surface area contributed by atoms with Crippen LogP contribution in [0, 0.1) is 5.92 Å². The molecule has 1 unspecified atom stereocenters. The van der Waals surface area contributed by atoms with Gasteiger partial charge >= 0.3 is 0 Å². The zero-order chi connectivity index (χ0) is 17.5. The number of hydrogen-bond acceptors (Lipinski definition) is 6. The van der Waals surface area contributed by atoms with Gasteiger partial charge in [-0.2, -0.15) is 0 Å². The van der Waals surface area contributed by atoms with Crippen molar-refractivity contribution in [2.75, 3.05) is 36.9 Å². The molecule has 0 bridgehead atoms. The van der Waals surface area contributed by atoms with Crippen LogP contribution < -0.4 is 10.6 Å². The van der Waals surface area contributed by atoms with Gasteiger partial charge in [-0.15, -0.1) is 0 Å². The maximum Gasteiger partial charge on any atom is 0.288 e. The van der Waals surface area contributed by atoms with Crippen LogP contribution in [0.2, 0.25) is 0 Å². The molecule has 0 aromatic rings. The molecule has 8 nitrogen and oxygen atoms in total.